The van der Waals surface area contributed by atoms with Crippen LogP contribution in [0.4, 0.5) is 5.13 Å². The van der Waals surface area contributed by atoms with Crippen molar-refractivity contribution in [3.8, 4) is 0 Å². The largest absolute Gasteiger partial charge is 0.297 e. The van der Waals surface area contributed by atoms with Crippen LogP contribution < -0.4 is 5.32 Å². The Morgan fingerprint density at radius 1 is 1.23 bits per heavy atom. The van der Waals surface area contributed by atoms with Gasteiger partial charge in [-0.3, -0.25) is 10.1 Å². The Morgan fingerprint density at radius 2 is 2.00 bits per heavy atom. The molecule has 1 aromatic heterocycles. The van der Waals surface area contributed by atoms with Gasteiger partial charge >= 0.3 is 0 Å². The second kappa shape index (κ2) is 8.44. The van der Waals surface area contributed by atoms with Crippen molar-refractivity contribution in [2.75, 3.05) is 5.32 Å². The highest BCUT2D eigenvalue weighted by Crippen LogP contribution is 2.18. The van der Waals surface area contributed by atoms with Gasteiger partial charge in [0.1, 0.15) is 5.01 Å². The minimum Gasteiger partial charge on any atom is -0.297 e. The first kappa shape index (κ1) is 16.4. The topological polar surface area (TPSA) is 54.9 Å². The fourth-order valence-corrected chi connectivity index (χ4v) is 2.77. The zero-order valence-electron chi connectivity index (χ0n) is 13.0. The number of unbranched alkanes of at least 4 members (excludes halogenated alkanes) is 2. The van der Waals surface area contributed by atoms with Crippen molar-refractivity contribution in [1.29, 1.82) is 0 Å². The zero-order valence-corrected chi connectivity index (χ0v) is 13.8. The molecule has 5 heteroatoms. The Balaban J connectivity index is 1.92. The smallest absolute Gasteiger partial charge is 0.253 e. The number of nitrogens with one attached hydrogen (secondary N) is 1. The summed E-state index contributed by atoms with van der Waals surface area (Å²) in [5.74, 6) is -0.139. The second-order valence-corrected chi connectivity index (χ2v) is 6.21. The summed E-state index contributed by atoms with van der Waals surface area (Å²) in [6, 6.07) is 9.78. The first-order chi connectivity index (χ1) is 10.7. The van der Waals surface area contributed by atoms with E-state index in [9.17, 15) is 4.79 Å². The number of nitrogens with zero attached hydrogens (tertiary/aromatic N) is 2. The van der Waals surface area contributed by atoms with E-state index in [-0.39, 0.29) is 5.91 Å². The molecule has 0 radical (unpaired) electrons. The van der Waals surface area contributed by atoms with Crippen LogP contribution in [0.2, 0.25) is 0 Å². The Labute approximate surface area is 135 Å². The normalized spacial score (nSPS) is 11.5. The number of hydrogen-bond acceptors (Lipinski definition) is 4. The summed E-state index contributed by atoms with van der Waals surface area (Å²) < 4.78 is 0. The van der Waals surface area contributed by atoms with Gasteiger partial charge in [0, 0.05) is 12.0 Å². The van der Waals surface area contributed by atoms with Crippen LogP contribution in [0, 0.1) is 0 Å². The lowest BCUT2D eigenvalue weighted by molar-refractivity contribution is -0.112. The molecule has 2 rings (SSSR count). The van der Waals surface area contributed by atoms with Crippen molar-refractivity contribution in [1.82, 2.24) is 10.2 Å². The van der Waals surface area contributed by atoms with Gasteiger partial charge in [-0.2, -0.15) is 0 Å². The van der Waals surface area contributed by atoms with Crippen LogP contribution in [0.15, 0.2) is 35.9 Å². The molecule has 1 amide bonds. The quantitative estimate of drug-likeness (QED) is 0.612. The highest BCUT2D eigenvalue weighted by molar-refractivity contribution is 7.15. The molecule has 0 spiro atoms. The van der Waals surface area contributed by atoms with Gasteiger partial charge in [-0.1, -0.05) is 61.4 Å². The maximum Gasteiger partial charge on any atom is 0.253 e. The molecule has 116 valence electrons. The van der Waals surface area contributed by atoms with Crippen molar-refractivity contribution in [2.24, 2.45) is 0 Å². The fourth-order valence-electron chi connectivity index (χ4n) is 1.99. The van der Waals surface area contributed by atoms with Crippen molar-refractivity contribution < 1.29 is 4.79 Å². The Hall–Kier alpha value is -2.01. The molecule has 0 fully saturated rings. The lowest BCUT2D eigenvalue weighted by atomic mass is 10.1. The number of aryl methyl sites for hydroxylation is 1. The van der Waals surface area contributed by atoms with E-state index in [0.717, 1.165) is 23.4 Å². The highest BCUT2D eigenvalue weighted by Gasteiger charge is 2.09. The molecular formula is C17H21N3OS. The number of anilines is 1. The van der Waals surface area contributed by atoms with E-state index in [1.54, 1.807) is 6.92 Å². The number of rotatable bonds is 7. The van der Waals surface area contributed by atoms with Crippen LogP contribution >= 0.6 is 11.3 Å². The molecule has 1 N–H and O–H groups in total. The third-order valence-electron chi connectivity index (χ3n) is 3.22. The molecule has 0 atom stereocenters. The van der Waals surface area contributed by atoms with E-state index in [2.05, 4.69) is 22.4 Å². The molecule has 0 unspecified atom stereocenters. The predicted octanol–water partition coefficient (Wildman–Crippen LogP) is 4.31. The van der Waals surface area contributed by atoms with E-state index in [1.165, 1.54) is 24.2 Å². The lowest BCUT2D eigenvalue weighted by Crippen LogP contribution is -2.12. The molecule has 1 heterocycles. The molecule has 0 bridgehead atoms. The summed E-state index contributed by atoms with van der Waals surface area (Å²) in [7, 11) is 0. The van der Waals surface area contributed by atoms with Gasteiger partial charge in [0.25, 0.3) is 5.91 Å². The van der Waals surface area contributed by atoms with Crippen molar-refractivity contribution in [2.45, 2.75) is 39.5 Å². The molecule has 0 aliphatic rings. The summed E-state index contributed by atoms with van der Waals surface area (Å²) >= 11 is 1.45. The summed E-state index contributed by atoms with van der Waals surface area (Å²) in [4.78, 5) is 12.1. The molecule has 0 saturated carbocycles. The minimum atomic E-state index is -0.139. The Bertz CT molecular complexity index is 634. The number of carbonyl (C=O) groups excluding carboxylic acids is 1. The molecule has 0 aliphatic heterocycles. The molecular weight excluding hydrogens is 294 g/mol. The minimum absolute atomic E-state index is 0.139. The van der Waals surface area contributed by atoms with E-state index in [1.807, 2.05) is 36.4 Å². The third-order valence-corrected chi connectivity index (χ3v) is 4.12. The molecule has 1 aromatic carbocycles. The SMILES string of the molecule is CCCCCc1nnc(NC(=O)C(C)=Cc2ccccc2)s1. The Kier molecular flexibility index (Phi) is 6.27. The summed E-state index contributed by atoms with van der Waals surface area (Å²) in [5, 5.41) is 12.5. The van der Waals surface area contributed by atoms with Gasteiger partial charge in [0.15, 0.2) is 0 Å². The molecule has 4 nitrogen and oxygen atoms in total. The molecule has 0 saturated heterocycles. The van der Waals surface area contributed by atoms with E-state index >= 15 is 0 Å². The zero-order chi connectivity index (χ0) is 15.8. The standard InChI is InChI=1S/C17H21N3OS/c1-3-4-6-11-15-19-20-17(22-15)18-16(21)13(2)12-14-9-7-5-8-10-14/h5,7-10,12H,3-4,6,11H2,1-2H3,(H,18,20,21). The molecule has 0 aliphatic carbocycles. The van der Waals surface area contributed by atoms with Crippen LogP contribution in [0.25, 0.3) is 6.08 Å². The summed E-state index contributed by atoms with van der Waals surface area (Å²) in [5.41, 5.74) is 1.65. The number of amides is 1. The van der Waals surface area contributed by atoms with Gasteiger partial charge in [-0.15, -0.1) is 10.2 Å². The van der Waals surface area contributed by atoms with E-state index in [4.69, 9.17) is 0 Å². The van der Waals surface area contributed by atoms with E-state index in [0.29, 0.717) is 10.7 Å². The Morgan fingerprint density at radius 3 is 2.73 bits per heavy atom. The number of hydrogen-bond donors (Lipinski definition) is 1. The van der Waals surface area contributed by atoms with Crippen LogP contribution in [0.5, 0.6) is 0 Å². The van der Waals surface area contributed by atoms with Crippen LogP contribution in [0.1, 0.15) is 43.7 Å². The van der Waals surface area contributed by atoms with Gasteiger partial charge in [-0.05, 0) is 25.0 Å². The highest BCUT2D eigenvalue weighted by atomic mass is 32.1. The van der Waals surface area contributed by atoms with Crippen molar-refractivity contribution >= 4 is 28.5 Å². The second-order valence-electron chi connectivity index (χ2n) is 5.15. The number of benzene rings is 1. The summed E-state index contributed by atoms with van der Waals surface area (Å²) in [6.45, 7) is 3.97. The maximum atomic E-state index is 12.1. The third kappa shape index (κ3) is 5.07. The van der Waals surface area contributed by atoms with Gasteiger partial charge in [-0.25, -0.2) is 0 Å². The number of aromatic nitrogens is 2. The predicted molar refractivity (Wildman–Crippen MR) is 91.9 cm³/mol. The van der Waals surface area contributed by atoms with Crippen LogP contribution in [-0.2, 0) is 11.2 Å². The van der Waals surface area contributed by atoms with Gasteiger partial charge in [0.05, 0.1) is 0 Å². The van der Waals surface area contributed by atoms with Crippen molar-refractivity contribution in [3.05, 3.63) is 46.5 Å². The monoisotopic (exact) mass is 315 g/mol. The number of carbonyl (C=O) groups is 1. The first-order valence-corrected chi connectivity index (χ1v) is 8.37. The van der Waals surface area contributed by atoms with Gasteiger partial charge < -0.3 is 0 Å². The fraction of sp³-hybridized carbons (Fsp3) is 0.353. The average Bonchev–Trinajstić information content (AvgIpc) is 2.96. The lowest BCUT2D eigenvalue weighted by Gasteiger charge is -2.01. The van der Waals surface area contributed by atoms with Crippen molar-refractivity contribution in [3.63, 3.8) is 0 Å². The summed E-state index contributed by atoms with van der Waals surface area (Å²) in [6.07, 6.45) is 6.29. The molecule has 2 aromatic rings. The van der Waals surface area contributed by atoms with E-state index < -0.39 is 0 Å². The van der Waals surface area contributed by atoms with Gasteiger partial charge in [0.2, 0.25) is 5.13 Å². The maximum absolute atomic E-state index is 12.1. The molecule has 22 heavy (non-hydrogen) atoms. The van der Waals surface area contributed by atoms with Crippen LogP contribution in [-0.4, -0.2) is 16.1 Å². The first-order valence-electron chi connectivity index (χ1n) is 7.56. The van der Waals surface area contributed by atoms with Crippen LogP contribution in [0.3, 0.4) is 0 Å². The average molecular weight is 315 g/mol.